The van der Waals surface area contributed by atoms with Gasteiger partial charge in [0.2, 0.25) is 0 Å². The van der Waals surface area contributed by atoms with E-state index in [1.54, 1.807) is 0 Å². The fraction of sp³-hybridized carbons (Fsp3) is 0.455. The van der Waals surface area contributed by atoms with Crippen LogP contribution in [0.25, 0.3) is 0 Å². The molecule has 1 rings (SSSR count). The van der Waals surface area contributed by atoms with Crippen molar-refractivity contribution in [3.8, 4) is 0 Å². The van der Waals surface area contributed by atoms with Gasteiger partial charge in [-0.1, -0.05) is 13.8 Å². The summed E-state index contributed by atoms with van der Waals surface area (Å²) in [6, 6.07) is 1.95. The fourth-order valence-electron chi connectivity index (χ4n) is 1.47. The Balaban J connectivity index is 2.75. The first-order chi connectivity index (χ1) is 8.40. The van der Waals surface area contributed by atoms with E-state index in [9.17, 15) is 14.9 Å². The number of aromatic nitrogens is 1. The molecule has 0 fully saturated rings. The molecule has 0 radical (unpaired) electrons. The van der Waals surface area contributed by atoms with Crippen LogP contribution in [0.3, 0.4) is 0 Å². The van der Waals surface area contributed by atoms with Gasteiger partial charge in [0.25, 0.3) is 0 Å². The number of nitrogens with zero attached hydrogens (tertiary/aromatic N) is 2. The van der Waals surface area contributed by atoms with E-state index in [0.29, 0.717) is 12.1 Å². The number of carboxylic acid groups (broad SMARTS) is 1. The predicted molar refractivity (Wildman–Crippen MR) is 65.4 cm³/mol. The summed E-state index contributed by atoms with van der Waals surface area (Å²) >= 11 is 0. The monoisotopic (exact) mass is 253 g/mol. The van der Waals surface area contributed by atoms with Crippen molar-refractivity contribution in [2.24, 2.45) is 5.92 Å². The van der Waals surface area contributed by atoms with Crippen molar-refractivity contribution < 1.29 is 14.8 Å². The first kappa shape index (κ1) is 13.9. The lowest BCUT2D eigenvalue weighted by atomic mass is 10.0. The van der Waals surface area contributed by atoms with Crippen molar-refractivity contribution in [2.45, 2.75) is 26.3 Å². The molecule has 1 aromatic rings. The molecule has 0 bridgehead atoms. The van der Waals surface area contributed by atoms with Gasteiger partial charge in [0.05, 0.1) is 5.69 Å². The Morgan fingerprint density at radius 2 is 2.22 bits per heavy atom. The molecule has 0 aromatic carbocycles. The number of hydrogen-bond acceptors (Lipinski definition) is 5. The lowest BCUT2D eigenvalue weighted by Gasteiger charge is -2.16. The lowest BCUT2D eigenvalue weighted by Crippen LogP contribution is -2.30. The molecule has 18 heavy (non-hydrogen) atoms. The highest BCUT2D eigenvalue weighted by atomic mass is 16.6. The summed E-state index contributed by atoms with van der Waals surface area (Å²) in [5.41, 5.74) is 0.452. The molecule has 0 aliphatic heterocycles. The summed E-state index contributed by atoms with van der Waals surface area (Å²) in [7, 11) is 0. The van der Waals surface area contributed by atoms with E-state index in [0.717, 1.165) is 0 Å². The number of pyridine rings is 1. The summed E-state index contributed by atoms with van der Waals surface area (Å²) in [6.07, 6.45) is 1.72. The second kappa shape index (κ2) is 5.95. The van der Waals surface area contributed by atoms with Gasteiger partial charge in [-0.25, -0.2) is 4.79 Å². The quantitative estimate of drug-likeness (QED) is 0.592. The molecule has 0 spiro atoms. The molecular weight excluding hydrogens is 238 g/mol. The number of anilines is 1. The van der Waals surface area contributed by atoms with E-state index in [4.69, 9.17) is 5.11 Å². The summed E-state index contributed by atoms with van der Waals surface area (Å²) in [6.45, 7) is 3.84. The highest BCUT2D eigenvalue weighted by Crippen LogP contribution is 2.15. The molecule has 0 unspecified atom stereocenters. The average molecular weight is 253 g/mol. The van der Waals surface area contributed by atoms with E-state index in [1.807, 2.05) is 13.8 Å². The number of hydrogen-bond donors (Lipinski definition) is 2. The third-order valence-corrected chi connectivity index (χ3v) is 2.28. The lowest BCUT2D eigenvalue weighted by molar-refractivity contribution is -0.389. The standard InChI is InChI=1S/C11H15N3O4/c1-7(2)5-9(11(15)16)13-8-3-4-10(12-6-8)14(17)18/h3-4,6-7,9,13H,5H2,1-2H3,(H,15,16)/t9-/m1/s1. The van der Waals surface area contributed by atoms with Gasteiger partial charge in [0.15, 0.2) is 6.20 Å². The van der Waals surface area contributed by atoms with Gasteiger partial charge in [-0.15, -0.1) is 0 Å². The molecule has 98 valence electrons. The van der Waals surface area contributed by atoms with Gasteiger partial charge in [-0.05, 0) is 28.3 Å². The van der Waals surface area contributed by atoms with Crippen LogP contribution in [0.2, 0.25) is 0 Å². The Kier molecular flexibility index (Phi) is 4.59. The number of nitrogens with one attached hydrogen (secondary N) is 1. The molecular formula is C11H15N3O4. The van der Waals surface area contributed by atoms with Crippen molar-refractivity contribution in [2.75, 3.05) is 5.32 Å². The number of carboxylic acids is 1. The van der Waals surface area contributed by atoms with Crippen molar-refractivity contribution in [3.63, 3.8) is 0 Å². The maximum atomic E-state index is 11.0. The minimum atomic E-state index is -0.956. The summed E-state index contributed by atoms with van der Waals surface area (Å²) in [5.74, 6) is -0.997. The minimum Gasteiger partial charge on any atom is -0.480 e. The first-order valence-corrected chi connectivity index (χ1v) is 5.50. The molecule has 1 heterocycles. The zero-order valence-corrected chi connectivity index (χ0v) is 10.2. The molecule has 7 nitrogen and oxygen atoms in total. The zero-order chi connectivity index (χ0) is 13.7. The number of nitro groups is 1. The van der Waals surface area contributed by atoms with Crippen molar-refractivity contribution in [1.29, 1.82) is 0 Å². The normalized spacial score (nSPS) is 12.2. The van der Waals surface area contributed by atoms with Crippen LogP contribution in [-0.4, -0.2) is 27.0 Å². The molecule has 0 aliphatic rings. The molecule has 0 saturated carbocycles. The van der Waals surface area contributed by atoms with Crippen LogP contribution in [0, 0.1) is 16.0 Å². The van der Waals surface area contributed by atoms with Gasteiger partial charge in [0.1, 0.15) is 6.04 Å². The Hall–Kier alpha value is -2.18. The number of carbonyl (C=O) groups is 1. The molecule has 1 aromatic heterocycles. The molecule has 1 atom stereocenters. The molecule has 0 amide bonds. The summed E-state index contributed by atoms with van der Waals surface area (Å²) < 4.78 is 0. The van der Waals surface area contributed by atoms with Gasteiger partial charge >= 0.3 is 11.8 Å². The summed E-state index contributed by atoms with van der Waals surface area (Å²) in [4.78, 5) is 24.5. The van der Waals surface area contributed by atoms with Gasteiger partial charge in [0, 0.05) is 6.07 Å². The average Bonchev–Trinajstić information content (AvgIpc) is 2.28. The van der Waals surface area contributed by atoms with Gasteiger partial charge in [-0.2, -0.15) is 0 Å². The van der Waals surface area contributed by atoms with Crippen molar-refractivity contribution >= 4 is 17.5 Å². The van der Waals surface area contributed by atoms with E-state index in [1.165, 1.54) is 18.3 Å². The van der Waals surface area contributed by atoms with Gasteiger partial charge < -0.3 is 20.5 Å². The molecule has 0 saturated heterocycles. The van der Waals surface area contributed by atoms with E-state index in [2.05, 4.69) is 10.3 Å². The van der Waals surface area contributed by atoms with Gasteiger partial charge in [-0.3, -0.25) is 0 Å². The minimum absolute atomic E-state index is 0.226. The Labute approximate surface area is 104 Å². The largest absolute Gasteiger partial charge is 0.480 e. The second-order valence-electron chi connectivity index (χ2n) is 4.33. The number of aliphatic carboxylic acids is 1. The van der Waals surface area contributed by atoms with Crippen LogP contribution in [0.5, 0.6) is 0 Å². The van der Waals surface area contributed by atoms with Crippen LogP contribution in [0.4, 0.5) is 11.5 Å². The second-order valence-corrected chi connectivity index (χ2v) is 4.33. The molecule has 0 aliphatic carbocycles. The van der Waals surface area contributed by atoms with Crippen molar-refractivity contribution in [1.82, 2.24) is 4.98 Å². The predicted octanol–water partition coefficient (Wildman–Crippen LogP) is 1.90. The van der Waals surface area contributed by atoms with E-state index in [-0.39, 0.29) is 11.7 Å². The van der Waals surface area contributed by atoms with Crippen LogP contribution < -0.4 is 5.32 Å². The van der Waals surface area contributed by atoms with E-state index < -0.39 is 16.9 Å². The molecule has 7 heteroatoms. The first-order valence-electron chi connectivity index (χ1n) is 5.50. The highest BCUT2D eigenvalue weighted by Gasteiger charge is 2.19. The van der Waals surface area contributed by atoms with E-state index >= 15 is 0 Å². The maximum absolute atomic E-state index is 11.0. The van der Waals surface area contributed by atoms with Crippen molar-refractivity contribution in [3.05, 3.63) is 28.4 Å². The maximum Gasteiger partial charge on any atom is 0.363 e. The fourth-order valence-corrected chi connectivity index (χ4v) is 1.47. The van der Waals surface area contributed by atoms with Crippen LogP contribution in [-0.2, 0) is 4.79 Å². The third-order valence-electron chi connectivity index (χ3n) is 2.28. The molecule has 2 N–H and O–H groups in total. The van der Waals surface area contributed by atoms with Crippen LogP contribution in [0.15, 0.2) is 18.3 Å². The Bertz CT molecular complexity index is 430. The topological polar surface area (TPSA) is 105 Å². The zero-order valence-electron chi connectivity index (χ0n) is 10.2. The SMILES string of the molecule is CC(C)C[C@@H](Nc1ccc([N+](=O)[O-])nc1)C(=O)O. The number of rotatable bonds is 6. The highest BCUT2D eigenvalue weighted by molar-refractivity contribution is 5.77. The van der Waals surface area contributed by atoms with Crippen LogP contribution in [0.1, 0.15) is 20.3 Å². The smallest absolute Gasteiger partial charge is 0.363 e. The Morgan fingerprint density at radius 1 is 1.56 bits per heavy atom. The Morgan fingerprint density at radius 3 is 2.61 bits per heavy atom. The summed E-state index contributed by atoms with van der Waals surface area (Å²) in [5, 5.41) is 22.2. The third kappa shape index (κ3) is 4.00. The van der Waals surface area contributed by atoms with Crippen LogP contribution >= 0.6 is 0 Å².